The molecule has 0 radical (unpaired) electrons. The highest BCUT2D eigenvalue weighted by Crippen LogP contribution is 2.27. The molecule has 6 heteroatoms. The maximum Gasteiger partial charge on any atom is 0.295 e. The average Bonchev–Trinajstić information content (AvgIpc) is 2.30. The maximum absolute atomic E-state index is 13.3. The van der Waals surface area contributed by atoms with Gasteiger partial charge < -0.3 is 5.32 Å². The summed E-state index contributed by atoms with van der Waals surface area (Å²) in [6.45, 7) is 4.29. The summed E-state index contributed by atoms with van der Waals surface area (Å²) in [5.41, 5.74) is 0.571. The summed E-state index contributed by atoms with van der Waals surface area (Å²) in [4.78, 5) is 10.3. The number of thioether (sulfide) groups is 1. The molecule has 0 aliphatic rings. The minimum atomic E-state index is -0.565. The lowest BCUT2D eigenvalue weighted by Gasteiger charge is -2.13. The van der Waals surface area contributed by atoms with E-state index in [0.29, 0.717) is 23.7 Å². The monoisotopic (exact) mass is 272 g/mol. The first-order chi connectivity index (χ1) is 8.45. The Balaban J connectivity index is 2.86. The first-order valence-corrected chi connectivity index (χ1v) is 7.02. The third-order valence-corrected chi connectivity index (χ3v) is 3.47. The number of nitro groups is 1. The number of rotatable bonds is 6. The Hall–Kier alpha value is -1.30. The average molecular weight is 272 g/mol. The van der Waals surface area contributed by atoms with E-state index in [1.807, 2.05) is 6.26 Å². The zero-order valence-corrected chi connectivity index (χ0v) is 11.5. The summed E-state index contributed by atoms with van der Waals surface area (Å²) < 4.78 is 13.3. The van der Waals surface area contributed by atoms with Crippen molar-refractivity contribution in [3.63, 3.8) is 0 Å². The van der Waals surface area contributed by atoms with Crippen LogP contribution in [-0.4, -0.2) is 23.5 Å². The predicted molar refractivity (Wildman–Crippen MR) is 73.8 cm³/mol. The van der Waals surface area contributed by atoms with Crippen molar-refractivity contribution in [1.82, 2.24) is 0 Å². The van der Waals surface area contributed by atoms with E-state index in [-0.39, 0.29) is 5.69 Å². The molecule has 1 rings (SSSR count). The standard InChI is InChI=1S/C12H17FN2O2S/c1-8(7-18-3)6-14-11-4-9(2)10(13)5-12(11)15(16)17/h4-5,8,14H,6-7H2,1-3H3. The van der Waals surface area contributed by atoms with Gasteiger partial charge in [0.2, 0.25) is 0 Å². The zero-order valence-electron chi connectivity index (χ0n) is 10.7. The van der Waals surface area contributed by atoms with Gasteiger partial charge in [0, 0.05) is 6.54 Å². The number of nitro benzene ring substituents is 1. The molecule has 4 nitrogen and oxygen atoms in total. The van der Waals surface area contributed by atoms with Crippen molar-refractivity contribution < 1.29 is 9.31 Å². The lowest BCUT2D eigenvalue weighted by Crippen LogP contribution is -2.14. The summed E-state index contributed by atoms with van der Waals surface area (Å²) in [5, 5.41) is 13.9. The molecule has 18 heavy (non-hydrogen) atoms. The van der Waals surface area contributed by atoms with E-state index >= 15 is 0 Å². The van der Waals surface area contributed by atoms with Crippen molar-refractivity contribution in [3.05, 3.63) is 33.6 Å². The van der Waals surface area contributed by atoms with Crippen molar-refractivity contribution in [2.24, 2.45) is 5.92 Å². The summed E-state index contributed by atoms with van der Waals surface area (Å²) >= 11 is 1.73. The third kappa shape index (κ3) is 3.87. The third-order valence-electron chi connectivity index (χ3n) is 2.57. The Morgan fingerprint density at radius 3 is 2.78 bits per heavy atom. The van der Waals surface area contributed by atoms with Gasteiger partial charge in [-0.2, -0.15) is 11.8 Å². The molecule has 0 bridgehead atoms. The van der Waals surface area contributed by atoms with Gasteiger partial charge >= 0.3 is 0 Å². The molecule has 1 aromatic carbocycles. The number of anilines is 1. The second kappa shape index (κ2) is 6.58. The van der Waals surface area contributed by atoms with Gasteiger partial charge in [0.15, 0.2) is 0 Å². The molecule has 0 saturated heterocycles. The Kier molecular flexibility index (Phi) is 5.40. The van der Waals surface area contributed by atoms with E-state index in [1.54, 1.807) is 18.7 Å². The number of hydrogen-bond donors (Lipinski definition) is 1. The second-order valence-electron chi connectivity index (χ2n) is 4.32. The Morgan fingerprint density at radius 2 is 2.22 bits per heavy atom. The van der Waals surface area contributed by atoms with Crippen LogP contribution < -0.4 is 5.32 Å². The Morgan fingerprint density at radius 1 is 1.56 bits per heavy atom. The van der Waals surface area contributed by atoms with Crippen molar-refractivity contribution in [3.8, 4) is 0 Å². The Labute approximate surface area is 110 Å². The number of aryl methyl sites for hydroxylation is 1. The van der Waals surface area contributed by atoms with Crippen LogP contribution in [-0.2, 0) is 0 Å². The number of nitrogens with zero attached hydrogens (tertiary/aromatic N) is 1. The minimum absolute atomic E-state index is 0.213. The second-order valence-corrected chi connectivity index (χ2v) is 5.23. The quantitative estimate of drug-likeness (QED) is 0.636. The molecule has 0 aliphatic heterocycles. The van der Waals surface area contributed by atoms with E-state index in [1.165, 1.54) is 6.07 Å². The predicted octanol–water partition coefficient (Wildman–Crippen LogP) is 3.45. The molecule has 1 aromatic rings. The fourth-order valence-corrected chi connectivity index (χ4v) is 2.28. The van der Waals surface area contributed by atoms with E-state index in [9.17, 15) is 14.5 Å². The van der Waals surface area contributed by atoms with Crippen LogP contribution in [0.2, 0.25) is 0 Å². The van der Waals surface area contributed by atoms with E-state index in [4.69, 9.17) is 0 Å². The van der Waals surface area contributed by atoms with Gasteiger partial charge in [-0.25, -0.2) is 4.39 Å². The van der Waals surface area contributed by atoms with Gasteiger partial charge in [0.05, 0.1) is 11.0 Å². The van der Waals surface area contributed by atoms with E-state index in [2.05, 4.69) is 12.2 Å². The highest BCUT2D eigenvalue weighted by atomic mass is 32.2. The number of halogens is 1. The molecular weight excluding hydrogens is 255 g/mol. The highest BCUT2D eigenvalue weighted by molar-refractivity contribution is 7.98. The van der Waals surface area contributed by atoms with Crippen molar-refractivity contribution >= 4 is 23.1 Å². The molecular formula is C12H17FN2O2S. The van der Waals surface area contributed by atoms with Crippen LogP contribution >= 0.6 is 11.8 Å². The first-order valence-electron chi connectivity index (χ1n) is 5.63. The molecule has 1 N–H and O–H groups in total. The van der Waals surface area contributed by atoms with Gasteiger partial charge in [-0.15, -0.1) is 0 Å². The van der Waals surface area contributed by atoms with Crippen LogP contribution in [0.3, 0.4) is 0 Å². The topological polar surface area (TPSA) is 55.2 Å². The van der Waals surface area contributed by atoms with Crippen molar-refractivity contribution in [1.29, 1.82) is 0 Å². The highest BCUT2D eigenvalue weighted by Gasteiger charge is 2.17. The van der Waals surface area contributed by atoms with Gasteiger partial charge in [0.1, 0.15) is 11.5 Å². The first kappa shape index (κ1) is 14.8. The molecule has 0 spiro atoms. The maximum atomic E-state index is 13.3. The zero-order chi connectivity index (χ0) is 13.7. The van der Waals surface area contributed by atoms with E-state index < -0.39 is 10.7 Å². The van der Waals surface area contributed by atoms with E-state index in [0.717, 1.165) is 11.8 Å². The van der Waals surface area contributed by atoms with Gasteiger partial charge in [-0.05, 0) is 36.5 Å². The molecule has 0 aromatic heterocycles. The minimum Gasteiger partial charge on any atom is -0.379 e. The molecule has 0 saturated carbocycles. The summed E-state index contributed by atoms with van der Waals surface area (Å²) in [6.07, 6.45) is 2.01. The van der Waals surface area contributed by atoms with Crippen LogP contribution in [0.5, 0.6) is 0 Å². The van der Waals surface area contributed by atoms with Crippen molar-refractivity contribution in [2.75, 3.05) is 23.9 Å². The van der Waals surface area contributed by atoms with Crippen LogP contribution in [0.4, 0.5) is 15.8 Å². The summed E-state index contributed by atoms with van der Waals surface area (Å²) in [7, 11) is 0. The number of benzene rings is 1. The molecule has 100 valence electrons. The fraction of sp³-hybridized carbons (Fsp3) is 0.500. The molecule has 1 atom stereocenters. The molecule has 0 heterocycles. The van der Waals surface area contributed by atoms with Crippen LogP contribution in [0.15, 0.2) is 12.1 Å². The number of hydrogen-bond acceptors (Lipinski definition) is 4. The number of nitrogens with one attached hydrogen (secondary N) is 1. The summed E-state index contributed by atoms with van der Waals surface area (Å²) in [5.74, 6) is 0.815. The summed E-state index contributed by atoms with van der Waals surface area (Å²) in [6, 6.07) is 2.45. The van der Waals surface area contributed by atoms with Crippen LogP contribution in [0.1, 0.15) is 12.5 Å². The molecule has 1 unspecified atom stereocenters. The normalized spacial score (nSPS) is 12.2. The van der Waals surface area contributed by atoms with Gasteiger partial charge in [0.25, 0.3) is 5.69 Å². The lowest BCUT2D eigenvalue weighted by atomic mass is 10.1. The SMILES string of the molecule is CSCC(C)CNc1cc(C)c(F)cc1[N+](=O)[O-]. The van der Waals surface area contributed by atoms with Crippen molar-refractivity contribution in [2.45, 2.75) is 13.8 Å². The van der Waals surface area contributed by atoms with Crippen LogP contribution in [0, 0.1) is 28.8 Å². The van der Waals surface area contributed by atoms with Gasteiger partial charge in [-0.1, -0.05) is 6.92 Å². The largest absolute Gasteiger partial charge is 0.379 e. The Bertz CT molecular complexity index is 440. The lowest BCUT2D eigenvalue weighted by molar-refractivity contribution is -0.384. The molecule has 0 aliphatic carbocycles. The molecule has 0 fully saturated rings. The fourth-order valence-electron chi connectivity index (χ4n) is 1.59. The van der Waals surface area contributed by atoms with Gasteiger partial charge in [-0.3, -0.25) is 10.1 Å². The smallest absolute Gasteiger partial charge is 0.295 e. The molecule has 0 amide bonds. The van der Waals surface area contributed by atoms with Crippen LogP contribution in [0.25, 0.3) is 0 Å².